The normalized spacial score (nSPS) is 9.56. The van der Waals surface area contributed by atoms with Crippen LogP contribution < -0.4 is 0 Å². The Labute approximate surface area is 94.1 Å². The number of nitriles is 1. The van der Waals surface area contributed by atoms with Crippen molar-refractivity contribution < 1.29 is 14.6 Å². The summed E-state index contributed by atoms with van der Waals surface area (Å²) in [4.78, 5) is 11.4. The van der Waals surface area contributed by atoms with Crippen molar-refractivity contribution in [1.29, 1.82) is 5.26 Å². The number of rotatable bonds is 3. The Morgan fingerprint density at radius 3 is 2.69 bits per heavy atom. The summed E-state index contributed by atoms with van der Waals surface area (Å²) in [5.74, 6) is -0.568. The van der Waals surface area contributed by atoms with Gasteiger partial charge in [-0.25, -0.2) is 4.79 Å². The lowest BCUT2D eigenvalue weighted by Crippen LogP contribution is -2.05. The summed E-state index contributed by atoms with van der Waals surface area (Å²) in [6, 6.07) is 4.73. The molecule has 1 aromatic rings. The number of benzene rings is 1. The molecular formula is C12H13NO3. The number of hydrogen-bond donors (Lipinski definition) is 1. The summed E-state index contributed by atoms with van der Waals surface area (Å²) in [6.07, 6.45) is 0.540. The zero-order valence-corrected chi connectivity index (χ0v) is 9.28. The molecule has 0 saturated carbocycles. The van der Waals surface area contributed by atoms with Crippen LogP contribution in [0, 0.1) is 11.3 Å². The molecule has 0 fully saturated rings. The first-order valence-electron chi connectivity index (χ1n) is 5.07. The van der Waals surface area contributed by atoms with E-state index >= 15 is 0 Å². The third kappa shape index (κ3) is 2.31. The molecule has 0 radical (unpaired) electrons. The molecule has 0 heterocycles. The van der Waals surface area contributed by atoms with Gasteiger partial charge in [-0.05, 0) is 25.5 Å². The van der Waals surface area contributed by atoms with E-state index in [-0.39, 0.29) is 17.9 Å². The molecule has 0 spiro atoms. The molecule has 0 unspecified atom stereocenters. The Kier molecular flexibility index (Phi) is 3.90. The van der Waals surface area contributed by atoms with Crippen molar-refractivity contribution in [2.24, 2.45) is 0 Å². The highest BCUT2D eigenvalue weighted by atomic mass is 16.5. The van der Waals surface area contributed by atoms with Gasteiger partial charge in [0.05, 0.1) is 23.8 Å². The molecule has 0 aliphatic carbocycles. The quantitative estimate of drug-likeness (QED) is 0.789. The molecule has 84 valence electrons. The Bertz CT molecular complexity index is 446. The highest BCUT2D eigenvalue weighted by Crippen LogP contribution is 2.24. The minimum Gasteiger partial charge on any atom is -0.508 e. The second-order valence-electron chi connectivity index (χ2n) is 3.21. The van der Waals surface area contributed by atoms with Crippen LogP contribution in [0.1, 0.15) is 35.3 Å². The molecule has 0 amide bonds. The first kappa shape index (κ1) is 12.1. The number of esters is 1. The summed E-state index contributed by atoms with van der Waals surface area (Å²) in [6.45, 7) is 3.79. The molecule has 1 N–H and O–H groups in total. The summed E-state index contributed by atoms with van der Waals surface area (Å²) in [7, 11) is 0. The maximum absolute atomic E-state index is 11.4. The summed E-state index contributed by atoms with van der Waals surface area (Å²) < 4.78 is 4.80. The number of hydrogen-bond acceptors (Lipinski definition) is 4. The Hall–Kier alpha value is -2.02. The molecule has 0 aliphatic rings. The van der Waals surface area contributed by atoms with Crippen LogP contribution in [0.4, 0.5) is 0 Å². The molecule has 4 nitrogen and oxygen atoms in total. The fourth-order valence-electron chi connectivity index (χ4n) is 1.46. The van der Waals surface area contributed by atoms with Gasteiger partial charge in [0.25, 0.3) is 0 Å². The van der Waals surface area contributed by atoms with Crippen LogP contribution in [0.2, 0.25) is 0 Å². The van der Waals surface area contributed by atoms with Crippen LogP contribution in [0.3, 0.4) is 0 Å². The number of nitrogens with zero attached hydrogens (tertiary/aromatic N) is 1. The van der Waals surface area contributed by atoms with Crippen molar-refractivity contribution >= 4 is 5.97 Å². The van der Waals surface area contributed by atoms with Crippen LogP contribution >= 0.6 is 0 Å². The van der Waals surface area contributed by atoms with Gasteiger partial charge in [0.2, 0.25) is 0 Å². The Morgan fingerprint density at radius 2 is 2.19 bits per heavy atom. The van der Waals surface area contributed by atoms with Crippen LogP contribution in [0.5, 0.6) is 5.75 Å². The fraction of sp³-hybridized carbons (Fsp3) is 0.333. The Morgan fingerprint density at radius 1 is 1.50 bits per heavy atom. The fourth-order valence-corrected chi connectivity index (χ4v) is 1.46. The largest absolute Gasteiger partial charge is 0.508 e. The van der Waals surface area contributed by atoms with Gasteiger partial charge in [-0.3, -0.25) is 0 Å². The SMILES string of the molecule is CCOC(=O)c1cc(O)c(CC)c(C#N)c1. The molecule has 4 heteroatoms. The van der Waals surface area contributed by atoms with Gasteiger partial charge >= 0.3 is 5.97 Å². The van der Waals surface area contributed by atoms with Crippen molar-refractivity contribution in [3.8, 4) is 11.8 Å². The summed E-state index contributed by atoms with van der Waals surface area (Å²) in [5, 5.41) is 18.6. The van der Waals surface area contributed by atoms with Crippen molar-refractivity contribution in [2.75, 3.05) is 6.61 Å². The van der Waals surface area contributed by atoms with E-state index in [2.05, 4.69) is 0 Å². The number of phenolic OH excluding ortho intramolecular Hbond substituents is 1. The van der Waals surface area contributed by atoms with E-state index in [4.69, 9.17) is 10.00 Å². The van der Waals surface area contributed by atoms with Crippen molar-refractivity contribution in [3.05, 3.63) is 28.8 Å². The smallest absolute Gasteiger partial charge is 0.338 e. The third-order valence-electron chi connectivity index (χ3n) is 2.21. The second-order valence-corrected chi connectivity index (χ2v) is 3.21. The first-order valence-corrected chi connectivity index (χ1v) is 5.07. The molecule has 16 heavy (non-hydrogen) atoms. The minimum atomic E-state index is -0.531. The maximum atomic E-state index is 11.4. The monoisotopic (exact) mass is 219 g/mol. The number of carbonyl (C=O) groups is 1. The highest BCUT2D eigenvalue weighted by Gasteiger charge is 2.13. The van der Waals surface area contributed by atoms with Gasteiger partial charge in [0, 0.05) is 5.56 Å². The topological polar surface area (TPSA) is 70.3 Å². The minimum absolute atomic E-state index is 0.0374. The lowest BCUT2D eigenvalue weighted by atomic mass is 10.0. The van der Waals surface area contributed by atoms with E-state index in [1.165, 1.54) is 12.1 Å². The molecule has 1 aromatic carbocycles. The van der Waals surface area contributed by atoms with Crippen molar-refractivity contribution in [3.63, 3.8) is 0 Å². The number of aromatic hydroxyl groups is 1. The highest BCUT2D eigenvalue weighted by molar-refractivity contribution is 5.90. The van der Waals surface area contributed by atoms with Gasteiger partial charge in [-0.2, -0.15) is 5.26 Å². The molecule has 1 rings (SSSR count). The van der Waals surface area contributed by atoms with E-state index in [0.29, 0.717) is 17.5 Å². The van der Waals surface area contributed by atoms with Gasteiger partial charge < -0.3 is 9.84 Å². The zero-order valence-electron chi connectivity index (χ0n) is 9.28. The van der Waals surface area contributed by atoms with E-state index in [0.717, 1.165) is 0 Å². The van der Waals surface area contributed by atoms with Crippen molar-refractivity contribution in [2.45, 2.75) is 20.3 Å². The number of carbonyl (C=O) groups excluding carboxylic acids is 1. The van der Waals surface area contributed by atoms with E-state index in [1.54, 1.807) is 6.92 Å². The summed E-state index contributed by atoms with van der Waals surface area (Å²) in [5.41, 5.74) is 1.06. The van der Waals surface area contributed by atoms with E-state index in [1.807, 2.05) is 13.0 Å². The molecular weight excluding hydrogens is 206 g/mol. The summed E-state index contributed by atoms with van der Waals surface area (Å²) >= 11 is 0. The van der Waals surface area contributed by atoms with E-state index in [9.17, 15) is 9.90 Å². The average molecular weight is 219 g/mol. The number of phenols is 1. The lowest BCUT2D eigenvalue weighted by Gasteiger charge is -2.07. The standard InChI is InChI=1S/C12H13NO3/c1-3-10-9(7-13)5-8(6-11(10)14)12(15)16-4-2/h5-6,14H,3-4H2,1-2H3. The van der Waals surface area contributed by atoms with Crippen molar-refractivity contribution in [1.82, 2.24) is 0 Å². The maximum Gasteiger partial charge on any atom is 0.338 e. The first-order chi connectivity index (χ1) is 7.63. The predicted octanol–water partition coefficient (Wildman–Crippen LogP) is 2.00. The van der Waals surface area contributed by atoms with Crippen LogP contribution in [0.25, 0.3) is 0 Å². The molecule has 0 aromatic heterocycles. The van der Waals surface area contributed by atoms with Crippen LogP contribution in [-0.4, -0.2) is 17.7 Å². The molecule has 0 bridgehead atoms. The van der Waals surface area contributed by atoms with Crippen LogP contribution in [-0.2, 0) is 11.2 Å². The number of ether oxygens (including phenoxy) is 1. The Balaban J connectivity index is 3.21. The van der Waals surface area contributed by atoms with Gasteiger partial charge in [-0.1, -0.05) is 6.92 Å². The predicted molar refractivity (Wildman–Crippen MR) is 58.2 cm³/mol. The lowest BCUT2D eigenvalue weighted by molar-refractivity contribution is 0.0526. The third-order valence-corrected chi connectivity index (χ3v) is 2.21. The zero-order chi connectivity index (χ0) is 12.1. The second kappa shape index (κ2) is 5.17. The van der Waals surface area contributed by atoms with E-state index < -0.39 is 5.97 Å². The molecule has 0 atom stereocenters. The van der Waals surface area contributed by atoms with Gasteiger partial charge in [0.1, 0.15) is 5.75 Å². The average Bonchev–Trinajstić information content (AvgIpc) is 2.28. The molecule has 0 saturated heterocycles. The van der Waals surface area contributed by atoms with Crippen LogP contribution in [0.15, 0.2) is 12.1 Å². The van der Waals surface area contributed by atoms with Gasteiger partial charge in [-0.15, -0.1) is 0 Å². The van der Waals surface area contributed by atoms with Gasteiger partial charge in [0.15, 0.2) is 0 Å². The molecule has 0 aliphatic heterocycles.